The summed E-state index contributed by atoms with van der Waals surface area (Å²) in [4.78, 5) is 0. The van der Waals surface area contributed by atoms with Gasteiger partial charge in [0.05, 0.1) is 0 Å². The molecule has 2 N–H and O–H groups in total. The van der Waals surface area contributed by atoms with Crippen LogP contribution >= 0.6 is 11.6 Å². The van der Waals surface area contributed by atoms with E-state index < -0.39 is 0 Å². The lowest BCUT2D eigenvalue weighted by Crippen LogP contribution is -2.20. The van der Waals surface area contributed by atoms with Crippen molar-refractivity contribution >= 4 is 17.3 Å². The van der Waals surface area contributed by atoms with E-state index in [1.165, 1.54) is 5.56 Å². The smallest absolute Gasteiger partial charge is 0.119 e. The molecule has 0 aliphatic carbocycles. The van der Waals surface area contributed by atoms with Gasteiger partial charge in [-0.3, -0.25) is 0 Å². The van der Waals surface area contributed by atoms with Gasteiger partial charge in [-0.05, 0) is 47.5 Å². The summed E-state index contributed by atoms with van der Waals surface area (Å²) < 4.78 is 5.78. The van der Waals surface area contributed by atoms with Gasteiger partial charge >= 0.3 is 0 Å². The maximum absolute atomic E-state index is 5.97. The van der Waals surface area contributed by atoms with Crippen molar-refractivity contribution in [3.8, 4) is 5.75 Å². The van der Waals surface area contributed by atoms with Crippen molar-refractivity contribution in [3.05, 3.63) is 95.0 Å². The Morgan fingerprint density at radius 1 is 0.792 bits per heavy atom. The van der Waals surface area contributed by atoms with Crippen LogP contribution in [-0.4, -0.2) is 0 Å². The number of rotatable bonds is 7. The van der Waals surface area contributed by atoms with Gasteiger partial charge in [-0.1, -0.05) is 54.1 Å². The summed E-state index contributed by atoms with van der Waals surface area (Å²) in [7, 11) is 0. The average Bonchev–Trinajstić information content (AvgIpc) is 2.62. The highest BCUT2D eigenvalue weighted by atomic mass is 35.5. The summed E-state index contributed by atoms with van der Waals surface area (Å²) in [6, 6.07) is 25.8. The highest BCUT2D eigenvalue weighted by Crippen LogP contribution is 2.16. The van der Waals surface area contributed by atoms with Gasteiger partial charge in [0.2, 0.25) is 0 Å². The molecule has 0 aliphatic heterocycles. The van der Waals surface area contributed by atoms with E-state index in [4.69, 9.17) is 16.3 Å². The molecule has 0 heterocycles. The van der Waals surface area contributed by atoms with Crippen LogP contribution in [0.5, 0.6) is 5.75 Å². The van der Waals surface area contributed by atoms with E-state index in [0.717, 1.165) is 28.6 Å². The minimum absolute atomic E-state index is 0.508. The first-order valence-electron chi connectivity index (χ1n) is 7.80. The van der Waals surface area contributed by atoms with E-state index in [-0.39, 0.29) is 0 Å². The SMILES string of the molecule is Clc1cccc(COc2ccc(CNNc3ccccc3)cc2)c1. The van der Waals surface area contributed by atoms with Crippen molar-refractivity contribution in [1.29, 1.82) is 0 Å². The van der Waals surface area contributed by atoms with Crippen molar-refractivity contribution in [3.63, 3.8) is 0 Å². The number of hydrogen-bond acceptors (Lipinski definition) is 3. The normalized spacial score (nSPS) is 10.4. The minimum atomic E-state index is 0.508. The molecule has 0 unspecified atom stereocenters. The van der Waals surface area contributed by atoms with Crippen LogP contribution in [0.4, 0.5) is 5.69 Å². The third kappa shape index (κ3) is 5.01. The second kappa shape index (κ2) is 8.39. The molecule has 24 heavy (non-hydrogen) atoms. The Morgan fingerprint density at radius 2 is 1.58 bits per heavy atom. The average molecular weight is 339 g/mol. The first-order chi connectivity index (χ1) is 11.8. The van der Waals surface area contributed by atoms with Crippen molar-refractivity contribution in [2.45, 2.75) is 13.2 Å². The largest absolute Gasteiger partial charge is 0.489 e. The van der Waals surface area contributed by atoms with E-state index >= 15 is 0 Å². The molecule has 0 saturated heterocycles. The monoisotopic (exact) mass is 338 g/mol. The van der Waals surface area contributed by atoms with E-state index in [1.807, 2.05) is 78.9 Å². The molecule has 0 spiro atoms. The van der Waals surface area contributed by atoms with Crippen LogP contribution in [0.25, 0.3) is 0 Å². The van der Waals surface area contributed by atoms with E-state index in [0.29, 0.717) is 6.61 Å². The van der Waals surface area contributed by atoms with Crippen LogP contribution < -0.4 is 15.6 Å². The maximum atomic E-state index is 5.97. The lowest BCUT2D eigenvalue weighted by atomic mass is 10.2. The lowest BCUT2D eigenvalue weighted by Gasteiger charge is -2.10. The fourth-order valence-corrected chi connectivity index (χ4v) is 2.48. The molecule has 3 nitrogen and oxygen atoms in total. The van der Waals surface area contributed by atoms with Gasteiger partial charge in [-0.2, -0.15) is 0 Å². The van der Waals surface area contributed by atoms with E-state index in [9.17, 15) is 0 Å². The van der Waals surface area contributed by atoms with Gasteiger partial charge in [-0.15, -0.1) is 0 Å². The topological polar surface area (TPSA) is 33.3 Å². The Kier molecular flexibility index (Phi) is 5.72. The summed E-state index contributed by atoms with van der Waals surface area (Å²) >= 11 is 5.97. The summed E-state index contributed by atoms with van der Waals surface area (Å²) in [6.45, 7) is 1.23. The van der Waals surface area contributed by atoms with Gasteiger partial charge in [0, 0.05) is 17.3 Å². The van der Waals surface area contributed by atoms with Crippen molar-refractivity contribution in [2.24, 2.45) is 0 Å². The minimum Gasteiger partial charge on any atom is -0.489 e. The Bertz CT molecular complexity index is 760. The molecular weight excluding hydrogens is 320 g/mol. The summed E-state index contributed by atoms with van der Waals surface area (Å²) in [6.07, 6.45) is 0. The number of para-hydroxylation sites is 1. The summed E-state index contributed by atoms with van der Waals surface area (Å²) in [5.41, 5.74) is 9.63. The van der Waals surface area contributed by atoms with Gasteiger partial charge in [0.25, 0.3) is 0 Å². The zero-order valence-electron chi connectivity index (χ0n) is 13.2. The molecule has 4 heteroatoms. The molecule has 3 rings (SSSR count). The Labute approximate surface area is 147 Å². The predicted molar refractivity (Wildman–Crippen MR) is 99.1 cm³/mol. The van der Waals surface area contributed by atoms with E-state index in [1.54, 1.807) is 0 Å². The lowest BCUT2D eigenvalue weighted by molar-refractivity contribution is 0.306. The second-order valence-corrected chi connectivity index (χ2v) is 5.84. The Morgan fingerprint density at radius 3 is 2.33 bits per heavy atom. The van der Waals surface area contributed by atoms with Crippen molar-refractivity contribution in [2.75, 3.05) is 5.43 Å². The number of benzene rings is 3. The fraction of sp³-hybridized carbons (Fsp3) is 0.100. The van der Waals surface area contributed by atoms with Crippen LogP contribution in [0, 0.1) is 0 Å². The Hall–Kier alpha value is -2.49. The molecule has 3 aromatic rings. The molecule has 0 amide bonds. The molecular formula is C20H19ClN2O. The van der Waals surface area contributed by atoms with Gasteiger partial charge in [0.1, 0.15) is 12.4 Å². The molecule has 0 aliphatic rings. The second-order valence-electron chi connectivity index (χ2n) is 5.41. The fourth-order valence-electron chi connectivity index (χ4n) is 2.27. The molecule has 0 bridgehead atoms. The van der Waals surface area contributed by atoms with Crippen molar-refractivity contribution < 1.29 is 4.74 Å². The third-order valence-corrected chi connectivity index (χ3v) is 3.75. The number of hydrogen-bond donors (Lipinski definition) is 2. The van der Waals surface area contributed by atoms with Gasteiger partial charge in [-0.25, -0.2) is 5.43 Å². The number of anilines is 1. The molecule has 122 valence electrons. The predicted octanol–water partition coefficient (Wildman–Crippen LogP) is 5.04. The first-order valence-corrected chi connectivity index (χ1v) is 8.17. The molecule has 0 saturated carbocycles. The standard InChI is InChI=1S/C20H19ClN2O/c21-18-6-4-5-17(13-18)15-24-20-11-9-16(10-12-20)14-22-23-19-7-2-1-3-8-19/h1-13,22-23H,14-15H2. The quantitative estimate of drug-likeness (QED) is 0.592. The van der Waals surface area contributed by atoms with Gasteiger partial charge in [0.15, 0.2) is 0 Å². The molecule has 0 fully saturated rings. The summed E-state index contributed by atoms with van der Waals surface area (Å²) in [5.74, 6) is 0.842. The van der Waals surface area contributed by atoms with Crippen LogP contribution in [0.1, 0.15) is 11.1 Å². The molecule has 0 atom stereocenters. The van der Waals surface area contributed by atoms with E-state index in [2.05, 4.69) is 10.9 Å². The van der Waals surface area contributed by atoms with Crippen LogP contribution in [-0.2, 0) is 13.2 Å². The number of halogens is 1. The van der Waals surface area contributed by atoms with Crippen LogP contribution in [0.2, 0.25) is 5.02 Å². The number of hydrazine groups is 1. The first kappa shape index (κ1) is 16.4. The zero-order valence-corrected chi connectivity index (χ0v) is 14.0. The summed E-state index contributed by atoms with van der Waals surface area (Å²) in [5, 5.41) is 0.725. The van der Waals surface area contributed by atoms with Crippen LogP contribution in [0.15, 0.2) is 78.9 Å². The molecule has 0 aromatic heterocycles. The van der Waals surface area contributed by atoms with Gasteiger partial charge < -0.3 is 10.2 Å². The molecule has 3 aromatic carbocycles. The van der Waals surface area contributed by atoms with Crippen molar-refractivity contribution in [1.82, 2.24) is 5.43 Å². The highest BCUT2D eigenvalue weighted by Gasteiger charge is 1.98. The Balaban J connectivity index is 1.46. The molecule has 0 radical (unpaired) electrons. The number of ether oxygens (including phenoxy) is 1. The zero-order chi connectivity index (χ0) is 16.6. The maximum Gasteiger partial charge on any atom is 0.119 e. The third-order valence-electron chi connectivity index (χ3n) is 3.52. The highest BCUT2D eigenvalue weighted by molar-refractivity contribution is 6.30. The van der Waals surface area contributed by atoms with Crippen LogP contribution in [0.3, 0.4) is 0 Å². The number of nitrogens with one attached hydrogen (secondary N) is 2.